The minimum absolute atomic E-state index is 0.0939. The van der Waals surface area contributed by atoms with Gasteiger partial charge in [-0.3, -0.25) is 9.59 Å². The number of hydrogen-bond donors (Lipinski definition) is 2. The summed E-state index contributed by atoms with van der Waals surface area (Å²) >= 11 is 0. The van der Waals surface area contributed by atoms with Crippen LogP contribution in [0.5, 0.6) is 0 Å². The van der Waals surface area contributed by atoms with Crippen molar-refractivity contribution in [2.45, 2.75) is 25.2 Å². The molecule has 1 aliphatic heterocycles. The number of carbonyl (C=O) groups is 2. The first-order valence-corrected chi connectivity index (χ1v) is 7.78. The number of amides is 2. The Morgan fingerprint density at radius 2 is 1.88 bits per heavy atom. The first-order valence-electron chi connectivity index (χ1n) is 7.78. The summed E-state index contributed by atoms with van der Waals surface area (Å²) in [6, 6.07) is 8.31. The molecule has 0 saturated carbocycles. The van der Waals surface area contributed by atoms with Crippen LogP contribution >= 0.6 is 0 Å². The third kappa shape index (κ3) is 3.68. The van der Waals surface area contributed by atoms with E-state index in [1.54, 1.807) is 24.3 Å². The minimum Gasteiger partial charge on any atom is -0.352 e. The van der Waals surface area contributed by atoms with Crippen LogP contribution in [0.15, 0.2) is 42.5 Å². The molecule has 0 fully saturated rings. The number of alkyl halides is 3. The molecule has 0 aliphatic carbocycles. The molecule has 2 N–H and O–H groups in total. The minimum atomic E-state index is -4.59. The molecule has 0 unspecified atom stereocenters. The van der Waals surface area contributed by atoms with Crippen molar-refractivity contribution in [3.05, 3.63) is 70.5 Å². The van der Waals surface area contributed by atoms with Crippen molar-refractivity contribution in [1.29, 1.82) is 0 Å². The monoisotopic (exact) mass is 366 g/mol. The zero-order valence-electron chi connectivity index (χ0n) is 13.4. The van der Waals surface area contributed by atoms with Crippen LogP contribution in [0.4, 0.5) is 17.6 Å². The molecule has 0 radical (unpaired) electrons. The van der Waals surface area contributed by atoms with Crippen molar-refractivity contribution in [1.82, 2.24) is 10.6 Å². The van der Waals surface area contributed by atoms with Crippen LogP contribution in [-0.2, 0) is 17.5 Å². The Morgan fingerprint density at radius 1 is 1.15 bits per heavy atom. The van der Waals surface area contributed by atoms with E-state index >= 15 is 0 Å². The number of carbonyl (C=O) groups excluding carboxylic acids is 2. The molecule has 4 nitrogen and oxygen atoms in total. The van der Waals surface area contributed by atoms with Gasteiger partial charge >= 0.3 is 6.18 Å². The number of benzene rings is 2. The van der Waals surface area contributed by atoms with Gasteiger partial charge in [-0.2, -0.15) is 13.2 Å². The van der Waals surface area contributed by atoms with Gasteiger partial charge in [0.15, 0.2) is 0 Å². The molecular weight excluding hydrogens is 352 g/mol. The Balaban J connectivity index is 1.65. The fraction of sp³-hybridized carbons (Fsp3) is 0.222. The van der Waals surface area contributed by atoms with Gasteiger partial charge in [0, 0.05) is 17.7 Å². The van der Waals surface area contributed by atoms with Gasteiger partial charge < -0.3 is 10.6 Å². The van der Waals surface area contributed by atoms with Gasteiger partial charge in [0.2, 0.25) is 5.91 Å². The Kier molecular flexibility index (Phi) is 4.67. The van der Waals surface area contributed by atoms with E-state index in [2.05, 4.69) is 10.6 Å². The van der Waals surface area contributed by atoms with Crippen molar-refractivity contribution in [2.24, 2.45) is 0 Å². The van der Waals surface area contributed by atoms with E-state index in [9.17, 15) is 27.2 Å². The van der Waals surface area contributed by atoms with Crippen molar-refractivity contribution >= 4 is 11.8 Å². The largest absolute Gasteiger partial charge is 0.416 e. The van der Waals surface area contributed by atoms with Crippen molar-refractivity contribution in [2.75, 3.05) is 0 Å². The van der Waals surface area contributed by atoms with Crippen molar-refractivity contribution in [3.8, 4) is 0 Å². The molecule has 2 aromatic carbocycles. The second-order valence-corrected chi connectivity index (χ2v) is 5.90. The maximum absolute atomic E-state index is 13.7. The average Bonchev–Trinajstić information content (AvgIpc) is 2.89. The molecule has 2 aromatic rings. The van der Waals surface area contributed by atoms with Gasteiger partial charge in [-0.15, -0.1) is 0 Å². The lowest BCUT2D eigenvalue weighted by Crippen LogP contribution is -2.29. The highest BCUT2D eigenvalue weighted by molar-refractivity contribution is 5.99. The van der Waals surface area contributed by atoms with Gasteiger partial charge in [0.25, 0.3) is 5.91 Å². The summed E-state index contributed by atoms with van der Waals surface area (Å²) in [5.41, 5.74) is -0.0868. The smallest absolute Gasteiger partial charge is 0.352 e. The number of halogens is 4. The molecule has 136 valence electrons. The standard InChI is InChI=1S/C18H14F4N2O2/c19-14-6-5-11(18(20,21)22)7-10(14)9-23-16(25)8-15-12-3-1-2-4-13(12)17(26)24-15/h1-7,15H,8-9H2,(H,23,25)(H,24,26)/t15-/m1/s1. The molecule has 0 bridgehead atoms. The quantitative estimate of drug-likeness (QED) is 0.816. The van der Waals surface area contributed by atoms with Gasteiger partial charge in [-0.05, 0) is 29.8 Å². The molecule has 0 spiro atoms. The van der Waals surface area contributed by atoms with Crippen LogP contribution in [0.1, 0.15) is 39.5 Å². The fourth-order valence-corrected chi connectivity index (χ4v) is 2.82. The van der Waals surface area contributed by atoms with Crippen molar-refractivity contribution < 1.29 is 27.2 Å². The maximum Gasteiger partial charge on any atom is 0.416 e. The molecule has 26 heavy (non-hydrogen) atoms. The molecule has 1 aliphatic rings. The molecule has 0 aromatic heterocycles. The number of rotatable bonds is 4. The molecule has 2 amide bonds. The molecule has 0 saturated heterocycles. The van der Waals surface area contributed by atoms with Crippen LogP contribution in [0.2, 0.25) is 0 Å². The van der Waals surface area contributed by atoms with Gasteiger partial charge in [-0.1, -0.05) is 18.2 Å². The highest BCUT2D eigenvalue weighted by Gasteiger charge is 2.31. The van der Waals surface area contributed by atoms with Crippen LogP contribution in [0.3, 0.4) is 0 Å². The Hall–Kier alpha value is -2.90. The normalized spacial score (nSPS) is 16.2. The van der Waals surface area contributed by atoms with E-state index in [1.165, 1.54) is 0 Å². The second-order valence-electron chi connectivity index (χ2n) is 5.90. The van der Waals surface area contributed by atoms with Gasteiger partial charge in [-0.25, -0.2) is 4.39 Å². The number of nitrogens with one attached hydrogen (secondary N) is 2. The lowest BCUT2D eigenvalue weighted by Gasteiger charge is -2.13. The summed E-state index contributed by atoms with van der Waals surface area (Å²) in [4.78, 5) is 23.9. The Bertz CT molecular complexity index is 865. The van der Waals surface area contributed by atoms with Crippen LogP contribution in [-0.4, -0.2) is 11.8 Å². The summed E-state index contributed by atoms with van der Waals surface area (Å²) < 4.78 is 51.8. The third-order valence-electron chi connectivity index (χ3n) is 4.12. The van der Waals surface area contributed by atoms with E-state index < -0.39 is 29.5 Å². The van der Waals surface area contributed by atoms with Crippen LogP contribution in [0.25, 0.3) is 0 Å². The third-order valence-corrected chi connectivity index (χ3v) is 4.12. The van der Waals surface area contributed by atoms with Crippen LogP contribution < -0.4 is 10.6 Å². The molecular formula is C18H14F4N2O2. The Labute approximate surface area is 146 Å². The number of hydrogen-bond acceptors (Lipinski definition) is 2. The zero-order chi connectivity index (χ0) is 18.9. The van der Waals surface area contributed by atoms with Gasteiger partial charge in [0.05, 0.1) is 18.0 Å². The fourth-order valence-electron chi connectivity index (χ4n) is 2.82. The summed E-state index contributed by atoms with van der Waals surface area (Å²) in [5.74, 6) is -1.64. The van der Waals surface area contributed by atoms with Crippen LogP contribution in [0, 0.1) is 5.82 Å². The molecule has 8 heteroatoms. The van der Waals surface area contributed by atoms with E-state index in [-0.39, 0.29) is 24.4 Å². The Morgan fingerprint density at radius 3 is 2.62 bits per heavy atom. The second kappa shape index (κ2) is 6.78. The van der Waals surface area contributed by atoms with Gasteiger partial charge in [0.1, 0.15) is 5.82 Å². The highest BCUT2D eigenvalue weighted by Crippen LogP contribution is 2.30. The molecule has 3 rings (SSSR count). The lowest BCUT2D eigenvalue weighted by atomic mass is 10.0. The number of fused-ring (bicyclic) bond motifs is 1. The summed E-state index contributed by atoms with van der Waals surface area (Å²) in [6.07, 6.45) is -4.69. The van der Waals surface area contributed by atoms with E-state index in [0.29, 0.717) is 23.3 Å². The van der Waals surface area contributed by atoms with E-state index in [4.69, 9.17) is 0 Å². The SMILES string of the molecule is O=C(C[C@H]1NC(=O)c2ccccc21)NCc1cc(C(F)(F)F)ccc1F. The predicted molar refractivity (Wildman–Crippen MR) is 84.5 cm³/mol. The zero-order valence-corrected chi connectivity index (χ0v) is 13.4. The molecule has 1 atom stereocenters. The maximum atomic E-state index is 13.7. The molecule has 1 heterocycles. The lowest BCUT2D eigenvalue weighted by molar-refractivity contribution is -0.137. The predicted octanol–water partition coefficient (Wildman–Crippen LogP) is 3.34. The topological polar surface area (TPSA) is 58.2 Å². The average molecular weight is 366 g/mol. The first kappa shape index (κ1) is 17.9. The summed E-state index contributed by atoms with van der Waals surface area (Å²) in [5, 5.41) is 5.06. The highest BCUT2D eigenvalue weighted by atomic mass is 19.4. The summed E-state index contributed by atoms with van der Waals surface area (Å²) in [7, 11) is 0. The first-order chi connectivity index (χ1) is 12.3. The van der Waals surface area contributed by atoms with Crippen molar-refractivity contribution in [3.63, 3.8) is 0 Å². The van der Waals surface area contributed by atoms with E-state index in [0.717, 1.165) is 6.07 Å². The van der Waals surface area contributed by atoms with E-state index in [1.807, 2.05) is 0 Å². The summed E-state index contributed by atoms with van der Waals surface area (Å²) in [6.45, 7) is -0.378.